The van der Waals surface area contributed by atoms with Crippen LogP contribution in [0.1, 0.15) is 44.2 Å². The second-order valence-corrected chi connectivity index (χ2v) is 9.77. The molecule has 2 aromatic rings. The molecular weight excluding hydrogens is 443 g/mol. The summed E-state index contributed by atoms with van der Waals surface area (Å²) in [4.78, 5) is 29.5. The normalized spacial score (nSPS) is 15.4. The van der Waals surface area contributed by atoms with E-state index in [1.807, 2.05) is 35.0 Å². The van der Waals surface area contributed by atoms with Crippen LogP contribution in [0.5, 0.6) is 5.75 Å². The highest BCUT2D eigenvalue weighted by Gasteiger charge is 2.32. The van der Waals surface area contributed by atoms with Gasteiger partial charge in [0.25, 0.3) is 0 Å². The number of hydrogen-bond donors (Lipinski definition) is 0. The fourth-order valence-corrected chi connectivity index (χ4v) is 4.69. The lowest BCUT2D eigenvalue weighted by atomic mass is 9.84. The van der Waals surface area contributed by atoms with E-state index < -0.39 is 0 Å². The Balaban J connectivity index is 1.67. The third-order valence-electron chi connectivity index (χ3n) is 6.74. The molecule has 2 aromatic carbocycles. The predicted molar refractivity (Wildman–Crippen MR) is 137 cm³/mol. The molecule has 188 valence electrons. The van der Waals surface area contributed by atoms with Crippen molar-refractivity contribution < 1.29 is 18.7 Å². The largest absolute Gasteiger partial charge is 0.497 e. The minimum absolute atomic E-state index is 0.0404. The molecule has 6 heteroatoms. The summed E-state index contributed by atoms with van der Waals surface area (Å²) in [5.41, 5.74) is 1.93. The molecule has 1 fully saturated rings. The number of likely N-dealkylation sites (N-methyl/N-ethyl adjacent to an activating group) is 1. The van der Waals surface area contributed by atoms with Gasteiger partial charge in [-0.15, -0.1) is 0 Å². The number of benzene rings is 2. The maximum atomic E-state index is 13.1. The number of carbonyl (C=O) groups is 2. The molecular formula is C29H37FN2O3. The van der Waals surface area contributed by atoms with Crippen molar-refractivity contribution in [3.63, 3.8) is 0 Å². The Morgan fingerprint density at radius 3 is 2.46 bits per heavy atom. The summed E-state index contributed by atoms with van der Waals surface area (Å²) in [7, 11) is 3.57. The summed E-state index contributed by atoms with van der Waals surface area (Å²) in [6.07, 6.45) is 6.22. The quantitative estimate of drug-likeness (QED) is 0.464. The molecule has 0 radical (unpaired) electrons. The van der Waals surface area contributed by atoms with Gasteiger partial charge in [0.15, 0.2) is 0 Å². The second kappa shape index (κ2) is 12.5. The summed E-state index contributed by atoms with van der Waals surface area (Å²) in [5.74, 6) is 1.24. The van der Waals surface area contributed by atoms with Crippen LogP contribution < -0.4 is 4.74 Å². The molecule has 0 aliphatic carbocycles. The van der Waals surface area contributed by atoms with Crippen molar-refractivity contribution in [2.24, 2.45) is 11.8 Å². The first-order valence-electron chi connectivity index (χ1n) is 12.4. The van der Waals surface area contributed by atoms with Crippen molar-refractivity contribution in [2.45, 2.75) is 45.6 Å². The van der Waals surface area contributed by atoms with Gasteiger partial charge in [0.05, 0.1) is 7.11 Å². The summed E-state index contributed by atoms with van der Waals surface area (Å²) >= 11 is 0. The van der Waals surface area contributed by atoms with Crippen molar-refractivity contribution in [1.29, 1.82) is 0 Å². The number of ether oxygens (including phenoxy) is 1. The zero-order chi connectivity index (χ0) is 25.4. The molecule has 1 atom stereocenters. The molecule has 1 aliphatic heterocycles. The van der Waals surface area contributed by atoms with E-state index in [9.17, 15) is 14.0 Å². The van der Waals surface area contributed by atoms with Gasteiger partial charge in [-0.3, -0.25) is 9.59 Å². The first-order chi connectivity index (χ1) is 16.8. The van der Waals surface area contributed by atoms with E-state index in [2.05, 4.69) is 19.9 Å². The molecule has 1 heterocycles. The lowest BCUT2D eigenvalue weighted by molar-refractivity contribution is -0.135. The number of piperidine rings is 1. The van der Waals surface area contributed by atoms with Crippen LogP contribution in [0.25, 0.3) is 6.08 Å². The molecule has 1 unspecified atom stereocenters. The molecule has 3 rings (SSSR count). The topological polar surface area (TPSA) is 49.9 Å². The summed E-state index contributed by atoms with van der Waals surface area (Å²) in [5, 5.41) is 0. The molecule has 35 heavy (non-hydrogen) atoms. The molecule has 0 aromatic heterocycles. The van der Waals surface area contributed by atoms with Crippen molar-refractivity contribution in [3.8, 4) is 5.75 Å². The average Bonchev–Trinajstić information content (AvgIpc) is 2.86. The second-order valence-electron chi connectivity index (χ2n) is 9.77. The average molecular weight is 481 g/mol. The van der Waals surface area contributed by atoms with Gasteiger partial charge >= 0.3 is 0 Å². The van der Waals surface area contributed by atoms with Gasteiger partial charge in [0.1, 0.15) is 11.6 Å². The van der Waals surface area contributed by atoms with E-state index >= 15 is 0 Å². The zero-order valence-corrected chi connectivity index (χ0v) is 21.2. The highest BCUT2D eigenvalue weighted by molar-refractivity contribution is 5.91. The molecule has 0 spiro atoms. The highest BCUT2D eigenvalue weighted by atomic mass is 19.1. The van der Waals surface area contributed by atoms with Crippen LogP contribution in [0.15, 0.2) is 54.6 Å². The molecule has 0 saturated carbocycles. The maximum absolute atomic E-state index is 13.1. The Morgan fingerprint density at radius 2 is 1.83 bits per heavy atom. The third kappa shape index (κ3) is 7.67. The van der Waals surface area contributed by atoms with Crippen LogP contribution in [0.4, 0.5) is 4.39 Å². The van der Waals surface area contributed by atoms with E-state index in [0.717, 1.165) is 36.1 Å². The number of hydrogen-bond acceptors (Lipinski definition) is 3. The van der Waals surface area contributed by atoms with Crippen LogP contribution in [0.3, 0.4) is 0 Å². The van der Waals surface area contributed by atoms with E-state index in [4.69, 9.17) is 4.74 Å². The Labute approximate surface area is 208 Å². The Morgan fingerprint density at radius 1 is 1.14 bits per heavy atom. The lowest BCUT2D eigenvalue weighted by Gasteiger charge is -2.40. The van der Waals surface area contributed by atoms with Gasteiger partial charge in [-0.05, 0) is 72.6 Å². The predicted octanol–water partition coefficient (Wildman–Crippen LogP) is 5.20. The standard InChI is InChI=1S/C29H37FN2O3/c1-21(2)18-29(34)31(3)27(20-23-6-5-7-26(19-23)35-4)24-14-16-32(17-15-24)28(33)13-10-22-8-11-25(30)12-9-22/h5-13,19,21,24,27H,14-18,20H2,1-4H3. The SMILES string of the molecule is COc1cccc(CC(C2CCN(C(=O)C=Cc3ccc(F)cc3)CC2)N(C)C(=O)CC(C)C)c1. The number of methoxy groups -OCH3 is 1. The maximum Gasteiger partial charge on any atom is 0.246 e. The number of carbonyl (C=O) groups excluding carboxylic acids is 2. The van der Waals surface area contributed by atoms with E-state index in [1.54, 1.807) is 31.4 Å². The summed E-state index contributed by atoms with van der Waals surface area (Å²) < 4.78 is 18.5. The van der Waals surface area contributed by atoms with Crippen LogP contribution in [-0.2, 0) is 16.0 Å². The lowest BCUT2D eigenvalue weighted by Crippen LogP contribution is -2.48. The molecule has 5 nitrogen and oxygen atoms in total. The minimum Gasteiger partial charge on any atom is -0.497 e. The number of amides is 2. The first kappa shape index (κ1) is 26.5. The molecule has 2 amide bonds. The van der Waals surface area contributed by atoms with E-state index in [1.165, 1.54) is 12.1 Å². The summed E-state index contributed by atoms with van der Waals surface area (Å²) in [6, 6.07) is 14.1. The molecule has 0 bridgehead atoms. The number of nitrogens with zero attached hydrogens (tertiary/aromatic N) is 2. The van der Waals surface area contributed by atoms with Gasteiger partial charge in [-0.25, -0.2) is 4.39 Å². The Bertz CT molecular complexity index is 1010. The van der Waals surface area contributed by atoms with Crippen LogP contribution >= 0.6 is 0 Å². The van der Waals surface area contributed by atoms with Gasteiger partial charge < -0.3 is 14.5 Å². The van der Waals surface area contributed by atoms with Gasteiger partial charge in [-0.1, -0.05) is 38.1 Å². The van der Waals surface area contributed by atoms with Crippen LogP contribution in [-0.4, -0.2) is 54.9 Å². The monoisotopic (exact) mass is 480 g/mol. The zero-order valence-electron chi connectivity index (χ0n) is 21.2. The van der Waals surface area contributed by atoms with Crippen molar-refractivity contribution in [1.82, 2.24) is 9.80 Å². The fraction of sp³-hybridized carbons (Fsp3) is 0.448. The van der Waals surface area contributed by atoms with E-state index in [-0.39, 0.29) is 23.7 Å². The van der Waals surface area contributed by atoms with Crippen LogP contribution in [0, 0.1) is 17.7 Å². The van der Waals surface area contributed by atoms with Gasteiger partial charge in [-0.2, -0.15) is 0 Å². The first-order valence-corrected chi connectivity index (χ1v) is 12.4. The van der Waals surface area contributed by atoms with Crippen LogP contribution in [0.2, 0.25) is 0 Å². The fourth-order valence-electron chi connectivity index (χ4n) is 4.69. The van der Waals surface area contributed by atoms with Crippen molar-refractivity contribution in [2.75, 3.05) is 27.2 Å². The molecule has 1 aliphatic rings. The summed E-state index contributed by atoms with van der Waals surface area (Å²) in [6.45, 7) is 5.43. The van der Waals surface area contributed by atoms with Crippen molar-refractivity contribution >= 4 is 17.9 Å². The highest BCUT2D eigenvalue weighted by Crippen LogP contribution is 2.28. The van der Waals surface area contributed by atoms with Gasteiger partial charge in [0.2, 0.25) is 11.8 Å². The number of rotatable bonds is 9. The number of halogens is 1. The van der Waals surface area contributed by atoms with Crippen molar-refractivity contribution in [3.05, 3.63) is 71.6 Å². The van der Waals surface area contributed by atoms with Gasteiger partial charge in [0, 0.05) is 38.7 Å². The molecule has 1 saturated heterocycles. The smallest absolute Gasteiger partial charge is 0.246 e. The third-order valence-corrected chi connectivity index (χ3v) is 6.74. The minimum atomic E-state index is -0.295. The van der Waals surface area contributed by atoms with E-state index in [0.29, 0.717) is 31.3 Å². The number of likely N-dealkylation sites (tertiary alicyclic amines) is 1. The molecule has 0 N–H and O–H groups in total. The Hall–Kier alpha value is -3.15. The Kier molecular flexibility index (Phi) is 9.47.